The maximum atomic E-state index is 16.4. The Labute approximate surface area is 795 Å². The molecule has 4 amide bonds. The van der Waals surface area contributed by atoms with Crippen molar-refractivity contribution < 1.29 is 109 Å². The Kier molecular flexibility index (Phi) is 33.9. The highest BCUT2D eigenvalue weighted by Gasteiger charge is 2.54. The number of hydrogen-bond acceptors (Lipinski definition) is 37. The molecule has 4 aliphatic heterocycles. The van der Waals surface area contributed by atoms with Gasteiger partial charge in [0.15, 0.2) is 93.5 Å². The van der Waals surface area contributed by atoms with Gasteiger partial charge in [0.25, 0.3) is 35.2 Å². The van der Waals surface area contributed by atoms with Gasteiger partial charge in [0.2, 0.25) is 36.8 Å². The molecule has 4 aliphatic rings. The fourth-order valence-electron chi connectivity index (χ4n) is 14.1. The minimum atomic E-state index is -4.20. The van der Waals surface area contributed by atoms with Crippen LogP contribution in [0.15, 0.2) is 180 Å². The zero-order valence-electron chi connectivity index (χ0n) is 77.8. The van der Waals surface area contributed by atoms with E-state index >= 15 is 8.78 Å². The van der Waals surface area contributed by atoms with E-state index < -0.39 is 186 Å². The van der Waals surface area contributed by atoms with Crippen LogP contribution in [0.2, 0.25) is 0 Å². The Morgan fingerprint density at radius 2 is 0.950 bits per heavy atom. The van der Waals surface area contributed by atoms with Crippen molar-refractivity contribution in [1.29, 1.82) is 0 Å². The molecule has 57 heteroatoms. The Bertz CT molecular complexity index is 6620. The van der Waals surface area contributed by atoms with Gasteiger partial charge in [0, 0.05) is 63.5 Å². The molecule has 14 heterocycles. The Hall–Kier alpha value is -14.9. The number of carbonyl (C=O) groups is 6. The zero-order chi connectivity index (χ0) is 103. The van der Waals surface area contributed by atoms with Gasteiger partial charge in [0.1, 0.15) is 38.1 Å². The van der Waals surface area contributed by atoms with Crippen LogP contribution in [0, 0.1) is 25.0 Å². The van der Waals surface area contributed by atoms with Crippen LogP contribution < -0.4 is 42.6 Å². The minimum Gasteiger partial charge on any atom is -0.541 e. The summed E-state index contributed by atoms with van der Waals surface area (Å²) in [5.74, 6) is -3.15. The number of benzene rings is 2. The molecule has 0 bridgehead atoms. The van der Waals surface area contributed by atoms with Gasteiger partial charge in [-0.1, -0.05) is 100 Å². The summed E-state index contributed by atoms with van der Waals surface area (Å²) >= 11 is 5.78. The molecule has 0 aliphatic carbocycles. The number of hydrogen-bond donors (Lipinski definition) is 6. The third-order valence-corrected chi connectivity index (χ3v) is 24.3. The lowest BCUT2D eigenvalue weighted by Crippen LogP contribution is -2.39. The van der Waals surface area contributed by atoms with Crippen LogP contribution in [0.1, 0.15) is 106 Å². The van der Waals surface area contributed by atoms with Gasteiger partial charge in [-0.3, -0.25) is 82.1 Å². The number of imidazole rings is 4. The molecule has 2 unspecified atom stereocenters. The molecule has 4 saturated heterocycles. The molecule has 18 atom stereocenters. The number of rotatable bonds is 34. The largest absolute Gasteiger partial charge is 0.541 e. The smallest absolute Gasteiger partial charge is 0.333 e. The van der Waals surface area contributed by atoms with Crippen LogP contribution in [0.4, 0.5) is 41.9 Å². The molecule has 0 saturated carbocycles. The molecule has 0 spiro atoms. The van der Waals surface area contributed by atoms with Crippen LogP contribution in [0.25, 0.3) is 75.2 Å². The second kappa shape index (κ2) is 47.7. The maximum absolute atomic E-state index is 16.4. The van der Waals surface area contributed by atoms with Crippen molar-refractivity contribution >= 4 is 131 Å². The van der Waals surface area contributed by atoms with Crippen LogP contribution in [-0.2, 0) is 77.0 Å². The SMILES string of the molecule is [2H][2H].[3H][3H].[C-]#[N+]CCOP(=S)(OC[C@H]1O[C@@H](n2cnc3c(NC(=O)c4ccccc4)ncnc32)[C@H](OC(=O)[O-])[C@@H]1N=[N+]=[N-])O[C@@H]1[C@H](F)[C@@H](CC)O[C@H]1n1cnc2c(=O)[nH]c(NC(=O)C(C)C)nc21.[C-]#[N+]CCOP(OC[C@H]1O[C@@H](n2cnc3c(NC(=O)c4ccccc4)ncnc32)[C@H](OC(=O)[O-])[C@@H]1N=[N+]=[N-])O[C@@H]1[C@H](F)[C@@H](CC)O[C@H]1n1cnc2c(=O)[nH]c(NC(=O)C(C)C)nc21.c1ccncc1.c1ccncc1. The van der Waals surface area contributed by atoms with Crippen molar-refractivity contribution in [3.05, 3.63) is 235 Å². The number of amides is 4. The van der Waals surface area contributed by atoms with Gasteiger partial charge in [-0.2, -0.15) is 9.97 Å². The molecule has 2 aromatic carbocycles. The highest BCUT2D eigenvalue weighted by atomic mass is 32.5. The van der Waals surface area contributed by atoms with E-state index in [1.54, 1.807) is 127 Å². The van der Waals surface area contributed by atoms with E-state index in [0.29, 0.717) is 11.1 Å². The van der Waals surface area contributed by atoms with Crippen LogP contribution in [0.3, 0.4) is 0 Å². The minimum absolute atomic E-state index is 0.00383. The number of aromatic nitrogens is 18. The second-order valence-corrected chi connectivity index (χ2v) is 34.5. The summed E-state index contributed by atoms with van der Waals surface area (Å²) in [6.07, 6.45) is -10.1. The normalized spacial score (nSPS) is 22.5. The Balaban J connectivity index is 0.000000236. The highest BCUT2D eigenvalue weighted by Crippen LogP contribution is 2.56. The maximum Gasteiger partial charge on any atom is 0.333 e. The molecular weight excluding hydrogens is 1890 g/mol. The molecule has 730 valence electrons. The summed E-state index contributed by atoms with van der Waals surface area (Å²) in [6.45, 7) is 18.1. The summed E-state index contributed by atoms with van der Waals surface area (Å²) in [6, 6.07) is 25.1. The lowest BCUT2D eigenvalue weighted by Gasteiger charge is -2.29. The van der Waals surface area contributed by atoms with Crippen LogP contribution >= 0.6 is 15.3 Å². The monoisotopic (exact) mass is 1980 g/mol. The molecule has 139 heavy (non-hydrogen) atoms. The summed E-state index contributed by atoms with van der Waals surface area (Å²) < 4.78 is 129. The van der Waals surface area contributed by atoms with Gasteiger partial charge >= 0.3 is 15.3 Å². The first kappa shape index (κ1) is 98.6. The molecular formula is C82H88F2N30O22P2S-2. The number of nitrogens with zero attached hydrogens (tertiary/aromatic N) is 24. The van der Waals surface area contributed by atoms with E-state index in [-0.39, 0.29) is 107 Å². The van der Waals surface area contributed by atoms with Gasteiger partial charge in [-0.15, -0.1) is 0 Å². The third kappa shape index (κ3) is 24.7. The first-order valence-electron chi connectivity index (χ1n) is 44.2. The van der Waals surface area contributed by atoms with E-state index in [4.69, 9.17) is 86.5 Å². The Morgan fingerprint density at radius 1 is 0.554 bits per heavy atom. The number of nitrogens with one attached hydrogen (secondary N) is 6. The van der Waals surface area contributed by atoms with E-state index in [1.165, 1.54) is 43.6 Å². The molecule has 16 rings (SSSR count). The molecule has 52 nitrogen and oxygen atoms in total. The Morgan fingerprint density at radius 3 is 1.35 bits per heavy atom. The summed E-state index contributed by atoms with van der Waals surface area (Å²) in [5, 5.41) is 41.7. The molecule has 10 aromatic heterocycles. The van der Waals surface area contributed by atoms with Crippen LogP contribution in [-0.4, -0.2) is 237 Å². The number of H-pyrrole nitrogens is 2. The number of alkyl halides is 2. The van der Waals surface area contributed by atoms with E-state index in [1.807, 2.05) is 36.4 Å². The van der Waals surface area contributed by atoms with Gasteiger partial charge in [-0.25, -0.2) is 61.8 Å². The topological polar surface area (TPSA) is 654 Å². The number of aromatic amines is 2. The van der Waals surface area contributed by atoms with Crippen molar-refractivity contribution in [3.8, 4) is 0 Å². The fraction of sp³-hybridized carbons (Fsp3) is 0.390. The predicted octanol–water partition coefficient (Wildman–Crippen LogP) is 9.30. The number of anilines is 4. The quantitative estimate of drug-likeness (QED) is 0.00416. The highest BCUT2D eigenvalue weighted by molar-refractivity contribution is 8.07. The second-order valence-electron chi connectivity index (χ2n) is 30.4. The van der Waals surface area contributed by atoms with E-state index in [9.17, 15) is 59.6 Å². The number of carboxylic acid groups (broad SMARTS) is 2. The number of ether oxygens (including phenoxy) is 6. The summed E-state index contributed by atoms with van der Waals surface area (Å²) in [5.41, 5.74) is 18.2. The zero-order valence-corrected chi connectivity index (χ0v) is 76.4. The number of halogens is 2. The molecule has 12 aromatic rings. The van der Waals surface area contributed by atoms with E-state index in [2.05, 4.69) is 121 Å². The fourth-order valence-corrected chi connectivity index (χ4v) is 17.3. The van der Waals surface area contributed by atoms with Crippen LogP contribution in [0.5, 0.6) is 0 Å². The summed E-state index contributed by atoms with van der Waals surface area (Å²) in [4.78, 5) is 168. The van der Waals surface area contributed by atoms with Crippen molar-refractivity contribution in [2.75, 3.05) is 60.8 Å². The average Bonchev–Trinajstić information content (AvgIpc) is 1.64. The lowest BCUT2D eigenvalue weighted by molar-refractivity contribution is -0.291. The number of carbonyl (C=O) groups excluding carboxylic acids is 6. The first-order chi connectivity index (χ1) is 69.2. The summed E-state index contributed by atoms with van der Waals surface area (Å²) in [7, 11) is -2.61. The van der Waals surface area contributed by atoms with Crippen molar-refractivity contribution in [2.24, 2.45) is 22.1 Å². The van der Waals surface area contributed by atoms with Gasteiger partial charge in [0.05, 0.1) is 87.2 Å². The molecule has 0 radical (unpaired) electrons. The average molecular weight is 1980 g/mol. The molecule has 6 N–H and O–H groups in total. The van der Waals surface area contributed by atoms with Crippen molar-refractivity contribution in [3.63, 3.8) is 0 Å². The number of azide groups is 2. The predicted molar refractivity (Wildman–Crippen MR) is 485 cm³/mol. The van der Waals surface area contributed by atoms with Gasteiger partial charge in [-0.05, 0) is 84.2 Å². The van der Waals surface area contributed by atoms with Crippen molar-refractivity contribution in [1.82, 2.24) is 88.0 Å². The molecule has 4 fully saturated rings. The number of fused-ring (bicyclic) bond motifs is 4. The van der Waals surface area contributed by atoms with Crippen molar-refractivity contribution in [2.45, 2.75) is 153 Å². The standard InChI is InChI=1S/C36H38FN14O11PS.C36H38FN14O11P.2C5H5N.2H2/c1-5-19-21(37)25(33(59-19)51-16-43-24-29(51)45-35(47-32(24)54)46-30(52)17(2)3)62-63(64,57-12-11-39-4)58-13-20-22(48-49-38)26(61-36(55)56)34(60-20)50-15-42-23-27(40-14-41-28(23)50)44-31(53)18-9-7-6-8-10-18;1-5-19-21(37)25(33(59-19)51-16-43-24-29(51)45-35(47-32(24)54)46-30(52)17(2)3)62-63(57-12-11-39-4)58-13-20-22(48-49-38)26(61-36(55)56)34(60-20)50-15-42-23-27(40-14-41-28(23)50)44-31(53)18-9-7-6-8-10-18;2*1-2-4-6-5-3-1;;/h6-10,14-17,19-22,25-26,33-34H,5,11-13H2,1-3H3,(H,55,56)(H,40,41,44,53)(H2,45,46,47,52,54);6-10,14-17,19-22,25-26,33-34H,5,11-13H2,1-3H3,(H,55,56)(H,40,41,44,53)(H2,45,46,47,52,54);2*1-5H;2*1H/p-2/t2*19-,20-,21-,22-,25-,26-,33-,34-,63?;;;;/m11..../s1/i;;;;1+2T;1+1D. The first-order valence-corrected chi connectivity index (χ1v) is 45.9. The lowest BCUT2D eigenvalue weighted by atomic mass is 10.1. The van der Waals surface area contributed by atoms with E-state index in [0.717, 1.165) is 12.7 Å². The number of pyridine rings is 2. The third-order valence-electron chi connectivity index (χ3n) is 20.7. The van der Waals surface area contributed by atoms with Gasteiger partial charge < -0.3 is 91.2 Å².